The number of nitrogen functional groups attached to an aromatic ring is 2. The highest BCUT2D eigenvalue weighted by Gasteiger charge is 1.97. The molecule has 0 aromatic carbocycles. The van der Waals surface area contributed by atoms with Gasteiger partial charge in [-0.3, -0.25) is 0 Å². The lowest BCUT2D eigenvalue weighted by atomic mass is 10.4. The molecule has 0 saturated heterocycles. The highest BCUT2D eigenvalue weighted by molar-refractivity contribution is 7.99. The topological polar surface area (TPSA) is 77.0 Å². The molecule has 0 atom stereocenters. The minimum Gasteiger partial charge on any atom is -0.396 e. The summed E-state index contributed by atoms with van der Waals surface area (Å²) in [4.78, 5) is 4.10. The molecule has 15 heavy (non-hydrogen) atoms. The summed E-state index contributed by atoms with van der Waals surface area (Å²) in [6.45, 7) is 4.51. The normalized spacial score (nSPS) is 9.87. The third-order valence-corrected chi connectivity index (χ3v) is 2.71. The molecule has 4 nitrogen and oxygen atoms in total. The summed E-state index contributed by atoms with van der Waals surface area (Å²) < 4.78 is 0. The van der Waals surface area contributed by atoms with Crippen LogP contribution in [0.3, 0.4) is 0 Å². The number of hydrogen-bond donors (Lipinski definition) is 3. The van der Waals surface area contributed by atoms with E-state index in [1.807, 2.05) is 23.9 Å². The standard InChI is InChI=1S/C10H16N4S/c1-2-6-15-7-5-13-9-4-3-8(11)10(12)14-9/h2-4H,1,5-7,11H2,(H3,12,13,14). The van der Waals surface area contributed by atoms with E-state index in [1.54, 1.807) is 6.07 Å². The first-order valence-corrected chi connectivity index (χ1v) is 5.84. The second kappa shape index (κ2) is 6.19. The van der Waals surface area contributed by atoms with Crippen LogP contribution >= 0.6 is 11.8 Å². The van der Waals surface area contributed by atoms with Crippen LogP contribution in [0.25, 0.3) is 0 Å². The van der Waals surface area contributed by atoms with Gasteiger partial charge in [-0.15, -0.1) is 6.58 Å². The van der Waals surface area contributed by atoms with Crippen LogP contribution in [0.2, 0.25) is 0 Å². The Morgan fingerprint density at radius 3 is 2.93 bits per heavy atom. The lowest BCUT2D eigenvalue weighted by Gasteiger charge is -2.06. The molecule has 0 radical (unpaired) electrons. The van der Waals surface area contributed by atoms with Crippen LogP contribution in [0.5, 0.6) is 0 Å². The molecule has 0 saturated carbocycles. The van der Waals surface area contributed by atoms with Crippen LogP contribution in [0.4, 0.5) is 17.3 Å². The minimum atomic E-state index is 0.374. The van der Waals surface area contributed by atoms with Gasteiger partial charge in [-0.2, -0.15) is 11.8 Å². The second-order valence-electron chi connectivity index (χ2n) is 2.96. The largest absolute Gasteiger partial charge is 0.396 e. The van der Waals surface area contributed by atoms with Crippen LogP contribution in [0, 0.1) is 0 Å². The van der Waals surface area contributed by atoms with Gasteiger partial charge >= 0.3 is 0 Å². The Kier molecular flexibility index (Phi) is 4.83. The number of pyridine rings is 1. The molecule has 1 rings (SSSR count). The van der Waals surface area contributed by atoms with Crippen LogP contribution < -0.4 is 16.8 Å². The van der Waals surface area contributed by atoms with Crippen LogP contribution in [0.15, 0.2) is 24.8 Å². The van der Waals surface area contributed by atoms with E-state index in [0.29, 0.717) is 11.5 Å². The van der Waals surface area contributed by atoms with Gasteiger partial charge in [0, 0.05) is 18.1 Å². The van der Waals surface area contributed by atoms with Crippen molar-refractivity contribution in [1.82, 2.24) is 4.98 Å². The van der Waals surface area contributed by atoms with E-state index >= 15 is 0 Å². The van der Waals surface area contributed by atoms with E-state index < -0.39 is 0 Å². The van der Waals surface area contributed by atoms with Crippen LogP contribution in [-0.4, -0.2) is 23.0 Å². The van der Waals surface area contributed by atoms with Gasteiger partial charge < -0.3 is 16.8 Å². The maximum absolute atomic E-state index is 5.58. The monoisotopic (exact) mass is 224 g/mol. The van der Waals surface area contributed by atoms with Crippen molar-refractivity contribution in [2.75, 3.05) is 34.8 Å². The van der Waals surface area contributed by atoms with Gasteiger partial charge in [0.2, 0.25) is 0 Å². The molecule has 5 N–H and O–H groups in total. The summed E-state index contributed by atoms with van der Waals surface area (Å²) in [5.74, 6) is 3.12. The lowest BCUT2D eigenvalue weighted by molar-refractivity contribution is 1.17. The zero-order valence-electron chi connectivity index (χ0n) is 8.57. The number of hydrogen-bond acceptors (Lipinski definition) is 5. The first-order valence-electron chi connectivity index (χ1n) is 4.68. The van der Waals surface area contributed by atoms with E-state index in [1.165, 1.54) is 0 Å². The fourth-order valence-electron chi connectivity index (χ4n) is 1.00. The summed E-state index contributed by atoms with van der Waals surface area (Å²) in [5, 5.41) is 3.17. The molecule has 1 aromatic heterocycles. The Morgan fingerprint density at radius 2 is 2.27 bits per heavy atom. The predicted molar refractivity (Wildman–Crippen MR) is 69.1 cm³/mol. The van der Waals surface area contributed by atoms with Gasteiger partial charge in [0.1, 0.15) is 11.6 Å². The summed E-state index contributed by atoms with van der Waals surface area (Å²) >= 11 is 1.82. The average molecular weight is 224 g/mol. The Balaban J connectivity index is 2.31. The molecule has 0 aliphatic heterocycles. The van der Waals surface area contributed by atoms with E-state index in [2.05, 4.69) is 16.9 Å². The fourth-order valence-corrected chi connectivity index (χ4v) is 1.58. The molecule has 1 aromatic rings. The number of aromatic nitrogens is 1. The van der Waals surface area contributed by atoms with E-state index in [4.69, 9.17) is 11.5 Å². The average Bonchev–Trinajstić information content (AvgIpc) is 2.23. The van der Waals surface area contributed by atoms with Gasteiger partial charge in [-0.05, 0) is 12.1 Å². The summed E-state index contributed by atoms with van der Waals surface area (Å²) in [6, 6.07) is 3.57. The van der Waals surface area contributed by atoms with Crippen molar-refractivity contribution >= 4 is 29.1 Å². The third kappa shape index (κ3) is 4.12. The molecule has 5 heteroatoms. The fraction of sp³-hybridized carbons (Fsp3) is 0.300. The number of anilines is 3. The zero-order chi connectivity index (χ0) is 11.1. The van der Waals surface area contributed by atoms with Crippen molar-refractivity contribution < 1.29 is 0 Å². The minimum absolute atomic E-state index is 0.374. The van der Waals surface area contributed by atoms with Gasteiger partial charge in [-0.25, -0.2) is 4.98 Å². The second-order valence-corrected chi connectivity index (χ2v) is 4.11. The highest BCUT2D eigenvalue weighted by atomic mass is 32.2. The molecule has 0 unspecified atom stereocenters. The summed E-state index contributed by atoms with van der Waals surface area (Å²) in [5.41, 5.74) is 11.6. The van der Waals surface area contributed by atoms with Gasteiger partial charge in [0.25, 0.3) is 0 Å². The number of rotatable bonds is 6. The van der Waals surface area contributed by atoms with Gasteiger partial charge in [0.05, 0.1) is 5.69 Å². The predicted octanol–water partition coefficient (Wildman–Crippen LogP) is 1.58. The SMILES string of the molecule is C=CCSCCNc1ccc(N)c(N)n1. The highest BCUT2D eigenvalue weighted by Crippen LogP contribution is 2.14. The van der Waals surface area contributed by atoms with Crippen molar-refractivity contribution in [2.45, 2.75) is 0 Å². The van der Waals surface area contributed by atoms with Crippen molar-refractivity contribution in [3.05, 3.63) is 24.8 Å². The molecule has 0 aliphatic rings. The lowest BCUT2D eigenvalue weighted by Crippen LogP contribution is -2.07. The third-order valence-electron chi connectivity index (χ3n) is 1.75. The number of thioether (sulfide) groups is 1. The first kappa shape index (κ1) is 11.7. The molecule has 0 aliphatic carbocycles. The number of nitrogens with one attached hydrogen (secondary N) is 1. The Hall–Kier alpha value is -1.36. The molecule has 1 heterocycles. The van der Waals surface area contributed by atoms with Crippen molar-refractivity contribution in [3.63, 3.8) is 0 Å². The van der Waals surface area contributed by atoms with E-state index in [0.717, 1.165) is 23.9 Å². The summed E-state index contributed by atoms with van der Waals surface area (Å²) in [6.07, 6.45) is 1.89. The number of nitrogens with two attached hydrogens (primary N) is 2. The molecule has 82 valence electrons. The van der Waals surface area contributed by atoms with Crippen LogP contribution in [-0.2, 0) is 0 Å². The molecular weight excluding hydrogens is 208 g/mol. The maximum atomic E-state index is 5.58. The molecule has 0 fully saturated rings. The van der Waals surface area contributed by atoms with E-state index in [-0.39, 0.29) is 0 Å². The van der Waals surface area contributed by atoms with Crippen molar-refractivity contribution in [3.8, 4) is 0 Å². The summed E-state index contributed by atoms with van der Waals surface area (Å²) in [7, 11) is 0. The quantitative estimate of drug-likeness (QED) is 0.505. The molecular formula is C10H16N4S. The Labute approximate surface area is 94.1 Å². The number of nitrogens with zero attached hydrogens (tertiary/aromatic N) is 1. The smallest absolute Gasteiger partial charge is 0.149 e. The van der Waals surface area contributed by atoms with Gasteiger partial charge in [-0.1, -0.05) is 6.08 Å². The molecule has 0 bridgehead atoms. The first-order chi connectivity index (χ1) is 7.24. The maximum Gasteiger partial charge on any atom is 0.149 e. The van der Waals surface area contributed by atoms with Gasteiger partial charge in [0.15, 0.2) is 0 Å². The van der Waals surface area contributed by atoms with Crippen molar-refractivity contribution in [2.24, 2.45) is 0 Å². The van der Waals surface area contributed by atoms with Crippen molar-refractivity contribution in [1.29, 1.82) is 0 Å². The zero-order valence-corrected chi connectivity index (χ0v) is 9.39. The van der Waals surface area contributed by atoms with E-state index in [9.17, 15) is 0 Å². The Bertz CT molecular complexity index is 327. The molecule has 0 spiro atoms. The Morgan fingerprint density at radius 1 is 1.47 bits per heavy atom. The van der Waals surface area contributed by atoms with Crippen LogP contribution in [0.1, 0.15) is 0 Å². The molecule has 0 amide bonds.